The zero-order valence-corrected chi connectivity index (χ0v) is 6.55. The second kappa shape index (κ2) is 3.08. The second-order valence-corrected chi connectivity index (χ2v) is 2.23. The molecule has 0 aliphatic rings. The minimum absolute atomic E-state index is 0.230. The van der Waals surface area contributed by atoms with Gasteiger partial charge in [-0.15, -0.1) is 0 Å². The largest absolute Gasteiger partial charge is 0.364 e. The average Bonchev–Trinajstić information content (AvgIpc) is 2.51. The van der Waals surface area contributed by atoms with Crippen molar-refractivity contribution in [2.45, 2.75) is 0 Å². The lowest BCUT2D eigenvalue weighted by molar-refractivity contribution is 0.0958. The van der Waals surface area contributed by atoms with E-state index in [0.29, 0.717) is 5.69 Å². The Bertz CT molecular complexity index is 316. The van der Waals surface area contributed by atoms with Crippen molar-refractivity contribution in [3.63, 3.8) is 0 Å². The summed E-state index contributed by atoms with van der Waals surface area (Å²) >= 11 is 0. The van der Waals surface area contributed by atoms with Crippen LogP contribution in [0.5, 0.6) is 0 Å². The Balaban J connectivity index is 2.91. The van der Waals surface area contributed by atoms with Crippen molar-refractivity contribution >= 4 is 11.8 Å². The van der Waals surface area contributed by atoms with Crippen LogP contribution in [-0.2, 0) is 0 Å². The van der Waals surface area contributed by atoms with Crippen LogP contribution in [0.15, 0.2) is 12.1 Å². The van der Waals surface area contributed by atoms with Gasteiger partial charge in [-0.25, -0.2) is 0 Å². The monoisotopic (exact) mass is 167 g/mol. The topological polar surface area (TPSA) is 88.0 Å². The van der Waals surface area contributed by atoms with E-state index in [4.69, 9.17) is 5.73 Å². The molecule has 1 heterocycles. The Morgan fingerprint density at radius 2 is 2.00 bits per heavy atom. The van der Waals surface area contributed by atoms with Crippen LogP contribution >= 0.6 is 0 Å². The van der Waals surface area contributed by atoms with Crippen LogP contribution in [0.1, 0.15) is 21.0 Å². The van der Waals surface area contributed by atoms with Crippen LogP contribution in [-0.4, -0.2) is 23.8 Å². The maximum atomic E-state index is 11.0. The SMILES string of the molecule is CNC(=O)c1ccc(C(N)=O)[nH]1. The lowest BCUT2D eigenvalue weighted by atomic mass is 10.4. The maximum absolute atomic E-state index is 11.0. The summed E-state index contributed by atoms with van der Waals surface area (Å²) in [5.74, 6) is -0.854. The van der Waals surface area contributed by atoms with Crippen LogP contribution in [0.2, 0.25) is 0 Å². The van der Waals surface area contributed by atoms with E-state index in [0.717, 1.165) is 0 Å². The highest BCUT2D eigenvalue weighted by atomic mass is 16.2. The number of amides is 2. The van der Waals surface area contributed by atoms with E-state index in [1.54, 1.807) is 0 Å². The van der Waals surface area contributed by atoms with Crippen molar-refractivity contribution in [3.8, 4) is 0 Å². The molecule has 5 heteroatoms. The van der Waals surface area contributed by atoms with Crippen molar-refractivity contribution in [3.05, 3.63) is 23.5 Å². The molecule has 4 N–H and O–H groups in total. The molecule has 0 saturated heterocycles. The molecular weight excluding hydrogens is 158 g/mol. The molecule has 0 spiro atoms. The second-order valence-electron chi connectivity index (χ2n) is 2.23. The molecule has 0 aliphatic heterocycles. The van der Waals surface area contributed by atoms with Crippen LogP contribution in [0.4, 0.5) is 0 Å². The summed E-state index contributed by atoms with van der Waals surface area (Å²) in [7, 11) is 1.51. The molecule has 0 unspecified atom stereocenters. The Labute approximate surface area is 68.9 Å². The van der Waals surface area contributed by atoms with Crippen molar-refractivity contribution in [2.24, 2.45) is 5.73 Å². The van der Waals surface area contributed by atoms with E-state index in [2.05, 4.69) is 10.3 Å². The Morgan fingerprint density at radius 3 is 2.42 bits per heavy atom. The lowest BCUT2D eigenvalue weighted by Gasteiger charge is -1.93. The first-order valence-corrected chi connectivity index (χ1v) is 3.36. The van der Waals surface area contributed by atoms with Gasteiger partial charge >= 0.3 is 0 Å². The summed E-state index contributed by atoms with van der Waals surface area (Å²) in [6.07, 6.45) is 0. The number of aromatic amines is 1. The normalized spacial score (nSPS) is 9.42. The highest BCUT2D eigenvalue weighted by molar-refractivity contribution is 5.96. The summed E-state index contributed by atoms with van der Waals surface area (Å²) in [6, 6.07) is 2.96. The van der Waals surface area contributed by atoms with Crippen molar-refractivity contribution in [2.75, 3.05) is 7.05 Å². The molecule has 1 aromatic rings. The molecule has 2 amide bonds. The number of carbonyl (C=O) groups is 2. The molecule has 0 aromatic carbocycles. The van der Waals surface area contributed by atoms with Crippen molar-refractivity contribution in [1.82, 2.24) is 10.3 Å². The number of hydrogen-bond donors (Lipinski definition) is 3. The molecule has 1 aromatic heterocycles. The van der Waals surface area contributed by atoms with Gasteiger partial charge in [-0.2, -0.15) is 0 Å². The average molecular weight is 167 g/mol. The number of aromatic nitrogens is 1. The van der Waals surface area contributed by atoms with E-state index in [1.165, 1.54) is 19.2 Å². The predicted octanol–water partition coefficient (Wildman–Crippen LogP) is -0.527. The van der Waals surface area contributed by atoms with Crippen LogP contribution in [0, 0.1) is 0 Å². The number of hydrogen-bond acceptors (Lipinski definition) is 2. The number of carbonyl (C=O) groups excluding carboxylic acids is 2. The Hall–Kier alpha value is -1.78. The third-order valence-electron chi connectivity index (χ3n) is 1.42. The van der Waals surface area contributed by atoms with E-state index >= 15 is 0 Å². The van der Waals surface area contributed by atoms with Gasteiger partial charge in [0.25, 0.3) is 11.8 Å². The number of nitrogens with one attached hydrogen (secondary N) is 2. The van der Waals surface area contributed by atoms with Gasteiger partial charge in [0.15, 0.2) is 0 Å². The van der Waals surface area contributed by atoms with E-state index < -0.39 is 5.91 Å². The van der Waals surface area contributed by atoms with Gasteiger partial charge in [0, 0.05) is 7.05 Å². The molecule has 0 atom stereocenters. The first-order chi connectivity index (χ1) is 5.65. The number of H-pyrrole nitrogens is 1. The fourth-order valence-corrected chi connectivity index (χ4v) is 0.806. The zero-order valence-electron chi connectivity index (χ0n) is 6.55. The molecule has 1 rings (SSSR count). The van der Waals surface area contributed by atoms with Gasteiger partial charge in [-0.05, 0) is 12.1 Å². The van der Waals surface area contributed by atoms with E-state index in [9.17, 15) is 9.59 Å². The summed E-state index contributed by atoms with van der Waals surface area (Å²) in [5.41, 5.74) is 5.52. The van der Waals surface area contributed by atoms with Gasteiger partial charge in [0.2, 0.25) is 0 Å². The summed E-state index contributed by atoms with van der Waals surface area (Å²) in [4.78, 5) is 24.1. The zero-order chi connectivity index (χ0) is 9.14. The molecule has 0 aliphatic carbocycles. The maximum Gasteiger partial charge on any atom is 0.267 e. The molecule has 12 heavy (non-hydrogen) atoms. The standard InChI is InChI=1S/C7H9N3O2/c1-9-7(12)5-3-2-4(10-5)6(8)11/h2-3,10H,1H3,(H2,8,11)(H,9,12). The summed E-state index contributed by atoms with van der Waals surface area (Å²) in [5, 5.41) is 2.41. The molecule has 0 bridgehead atoms. The Kier molecular flexibility index (Phi) is 2.14. The third kappa shape index (κ3) is 1.45. The molecule has 64 valence electrons. The number of primary amides is 1. The molecular formula is C7H9N3O2. The molecule has 0 fully saturated rings. The lowest BCUT2D eigenvalue weighted by Crippen LogP contribution is -2.19. The molecule has 5 nitrogen and oxygen atoms in total. The minimum Gasteiger partial charge on any atom is -0.364 e. The minimum atomic E-state index is -0.579. The van der Waals surface area contributed by atoms with Gasteiger partial charge in [0.1, 0.15) is 11.4 Å². The highest BCUT2D eigenvalue weighted by Crippen LogP contribution is 2.00. The molecule has 0 saturated carbocycles. The fraction of sp³-hybridized carbons (Fsp3) is 0.143. The van der Waals surface area contributed by atoms with Gasteiger partial charge in [-0.1, -0.05) is 0 Å². The van der Waals surface area contributed by atoms with Gasteiger partial charge in [-0.3, -0.25) is 9.59 Å². The van der Waals surface area contributed by atoms with Crippen LogP contribution in [0.25, 0.3) is 0 Å². The quantitative estimate of drug-likeness (QED) is 0.553. The van der Waals surface area contributed by atoms with Crippen LogP contribution < -0.4 is 11.1 Å². The molecule has 0 radical (unpaired) electrons. The smallest absolute Gasteiger partial charge is 0.267 e. The van der Waals surface area contributed by atoms with E-state index in [1.807, 2.05) is 0 Å². The van der Waals surface area contributed by atoms with Crippen molar-refractivity contribution < 1.29 is 9.59 Å². The van der Waals surface area contributed by atoms with Crippen molar-refractivity contribution in [1.29, 1.82) is 0 Å². The summed E-state index contributed by atoms with van der Waals surface area (Å²) in [6.45, 7) is 0. The number of rotatable bonds is 2. The third-order valence-corrected chi connectivity index (χ3v) is 1.42. The predicted molar refractivity (Wildman–Crippen MR) is 42.7 cm³/mol. The van der Waals surface area contributed by atoms with E-state index in [-0.39, 0.29) is 11.6 Å². The number of nitrogens with two attached hydrogens (primary N) is 1. The highest BCUT2D eigenvalue weighted by Gasteiger charge is 2.08. The van der Waals surface area contributed by atoms with Crippen LogP contribution in [0.3, 0.4) is 0 Å². The Morgan fingerprint density at radius 1 is 1.42 bits per heavy atom. The fourth-order valence-electron chi connectivity index (χ4n) is 0.806. The first-order valence-electron chi connectivity index (χ1n) is 3.36. The van der Waals surface area contributed by atoms with Gasteiger partial charge in [0.05, 0.1) is 0 Å². The first kappa shape index (κ1) is 8.32. The summed E-state index contributed by atoms with van der Waals surface area (Å²) < 4.78 is 0. The van der Waals surface area contributed by atoms with Gasteiger partial charge < -0.3 is 16.0 Å².